The number of benzene rings is 1. The molecule has 4 nitrogen and oxygen atoms in total. The van der Waals surface area contributed by atoms with E-state index in [1.165, 1.54) is 17.0 Å². The molecule has 1 unspecified atom stereocenters. The summed E-state index contributed by atoms with van der Waals surface area (Å²) in [6.45, 7) is 0.793. The van der Waals surface area contributed by atoms with Gasteiger partial charge in [-0.3, -0.25) is 9.59 Å². The van der Waals surface area contributed by atoms with Crippen molar-refractivity contribution in [2.24, 2.45) is 11.7 Å². The highest BCUT2D eigenvalue weighted by Gasteiger charge is 2.28. The summed E-state index contributed by atoms with van der Waals surface area (Å²) in [5.74, 6) is -1.71. The van der Waals surface area contributed by atoms with E-state index < -0.39 is 17.6 Å². The van der Waals surface area contributed by atoms with Crippen molar-refractivity contribution in [1.82, 2.24) is 4.90 Å². The second-order valence-corrected chi connectivity index (χ2v) is 5.53. The largest absolute Gasteiger partial charge is 0.369 e. The number of hydrogen-bond donors (Lipinski definition) is 1. The van der Waals surface area contributed by atoms with Gasteiger partial charge in [0.1, 0.15) is 5.82 Å². The van der Waals surface area contributed by atoms with Gasteiger partial charge >= 0.3 is 0 Å². The summed E-state index contributed by atoms with van der Waals surface area (Å²) in [6.07, 6.45) is 1.39. The number of amides is 2. The molecule has 0 bridgehead atoms. The fraction of sp³-hybridized carbons (Fsp3) is 0.385. The summed E-state index contributed by atoms with van der Waals surface area (Å²) < 4.78 is 14.3. The third kappa shape index (κ3) is 3.12. The van der Waals surface area contributed by atoms with E-state index in [1.54, 1.807) is 6.07 Å². The number of carbonyl (C=O) groups excluding carboxylic acids is 2. The molecule has 2 amide bonds. The van der Waals surface area contributed by atoms with E-state index in [0.29, 0.717) is 23.9 Å². The standard InChI is InChI=1S/C13H14BrFN2O2/c14-9-3-4-10(11(15)6-9)13(19)17-5-1-2-8(7-17)12(16)18/h3-4,6,8H,1-2,5,7H2,(H2,16,18). The van der Waals surface area contributed by atoms with Crippen LogP contribution < -0.4 is 5.73 Å². The molecule has 2 rings (SSSR count). The fourth-order valence-electron chi connectivity index (χ4n) is 2.23. The third-order valence-corrected chi connectivity index (χ3v) is 3.77. The van der Waals surface area contributed by atoms with Crippen molar-refractivity contribution in [3.8, 4) is 0 Å². The van der Waals surface area contributed by atoms with Crippen molar-refractivity contribution in [2.45, 2.75) is 12.8 Å². The van der Waals surface area contributed by atoms with Crippen LogP contribution in [0.5, 0.6) is 0 Å². The van der Waals surface area contributed by atoms with Crippen molar-refractivity contribution in [2.75, 3.05) is 13.1 Å². The smallest absolute Gasteiger partial charge is 0.256 e. The van der Waals surface area contributed by atoms with Crippen LogP contribution in [0.2, 0.25) is 0 Å². The highest BCUT2D eigenvalue weighted by Crippen LogP contribution is 2.21. The van der Waals surface area contributed by atoms with E-state index in [0.717, 1.165) is 0 Å². The second-order valence-electron chi connectivity index (χ2n) is 4.62. The van der Waals surface area contributed by atoms with Crippen molar-refractivity contribution >= 4 is 27.7 Å². The van der Waals surface area contributed by atoms with Crippen LogP contribution in [-0.4, -0.2) is 29.8 Å². The lowest BCUT2D eigenvalue weighted by atomic mass is 9.97. The molecule has 0 spiro atoms. The zero-order chi connectivity index (χ0) is 14.0. The topological polar surface area (TPSA) is 63.4 Å². The van der Waals surface area contributed by atoms with Gasteiger partial charge in [0.05, 0.1) is 11.5 Å². The normalized spacial score (nSPS) is 19.3. The molecule has 1 fully saturated rings. The monoisotopic (exact) mass is 328 g/mol. The van der Waals surface area contributed by atoms with Gasteiger partial charge in [0.15, 0.2) is 0 Å². The van der Waals surface area contributed by atoms with E-state index in [2.05, 4.69) is 15.9 Å². The Morgan fingerprint density at radius 2 is 2.16 bits per heavy atom. The maximum absolute atomic E-state index is 13.7. The molecule has 0 aromatic heterocycles. The highest BCUT2D eigenvalue weighted by molar-refractivity contribution is 9.10. The molecular weight excluding hydrogens is 315 g/mol. The van der Waals surface area contributed by atoms with Crippen LogP contribution in [0.15, 0.2) is 22.7 Å². The number of likely N-dealkylation sites (tertiary alicyclic amines) is 1. The van der Waals surface area contributed by atoms with Gasteiger partial charge in [0, 0.05) is 17.6 Å². The van der Waals surface area contributed by atoms with Crippen molar-refractivity contribution < 1.29 is 14.0 Å². The molecule has 1 aliphatic rings. The molecule has 1 aromatic carbocycles. The van der Waals surface area contributed by atoms with Crippen molar-refractivity contribution in [3.63, 3.8) is 0 Å². The van der Waals surface area contributed by atoms with Gasteiger partial charge in [-0.1, -0.05) is 15.9 Å². The molecule has 1 atom stereocenters. The lowest BCUT2D eigenvalue weighted by Crippen LogP contribution is -2.44. The number of nitrogens with two attached hydrogens (primary N) is 1. The van der Waals surface area contributed by atoms with Crippen LogP contribution in [0.25, 0.3) is 0 Å². The molecule has 2 N–H and O–H groups in total. The van der Waals surface area contributed by atoms with Gasteiger partial charge in [0.2, 0.25) is 5.91 Å². The van der Waals surface area contributed by atoms with E-state index >= 15 is 0 Å². The van der Waals surface area contributed by atoms with Crippen LogP contribution in [-0.2, 0) is 4.79 Å². The first-order valence-electron chi connectivity index (χ1n) is 6.02. The van der Waals surface area contributed by atoms with Crippen LogP contribution in [0.1, 0.15) is 23.2 Å². The maximum Gasteiger partial charge on any atom is 0.256 e. The Balaban J connectivity index is 2.17. The molecule has 0 aliphatic carbocycles. The van der Waals surface area contributed by atoms with E-state index in [-0.39, 0.29) is 18.0 Å². The van der Waals surface area contributed by atoms with Gasteiger partial charge in [-0.25, -0.2) is 4.39 Å². The highest BCUT2D eigenvalue weighted by atomic mass is 79.9. The number of nitrogens with zero attached hydrogens (tertiary/aromatic N) is 1. The van der Waals surface area contributed by atoms with Crippen molar-refractivity contribution in [1.29, 1.82) is 0 Å². The maximum atomic E-state index is 13.7. The molecule has 102 valence electrons. The molecule has 0 radical (unpaired) electrons. The van der Waals surface area contributed by atoms with Crippen LogP contribution >= 0.6 is 15.9 Å². The average molecular weight is 329 g/mol. The zero-order valence-electron chi connectivity index (χ0n) is 10.2. The van der Waals surface area contributed by atoms with Gasteiger partial charge in [-0.2, -0.15) is 0 Å². The molecule has 19 heavy (non-hydrogen) atoms. The molecule has 6 heteroatoms. The quantitative estimate of drug-likeness (QED) is 0.901. The third-order valence-electron chi connectivity index (χ3n) is 3.27. The van der Waals surface area contributed by atoms with Crippen LogP contribution in [0.3, 0.4) is 0 Å². The molecule has 1 heterocycles. The average Bonchev–Trinajstić information content (AvgIpc) is 2.38. The fourth-order valence-corrected chi connectivity index (χ4v) is 2.56. The second kappa shape index (κ2) is 5.69. The van der Waals surface area contributed by atoms with Gasteiger partial charge < -0.3 is 10.6 Å². The minimum absolute atomic E-state index is 0.0216. The Bertz CT molecular complexity index is 521. The minimum Gasteiger partial charge on any atom is -0.369 e. The molecule has 1 saturated heterocycles. The number of primary amides is 1. The lowest BCUT2D eigenvalue weighted by molar-refractivity contribution is -0.123. The predicted molar refractivity (Wildman–Crippen MR) is 71.9 cm³/mol. The Morgan fingerprint density at radius 3 is 2.79 bits per heavy atom. The number of carbonyl (C=O) groups is 2. The summed E-state index contributed by atoms with van der Waals surface area (Å²) in [4.78, 5) is 24.9. The first-order chi connectivity index (χ1) is 8.99. The minimum atomic E-state index is -0.569. The lowest BCUT2D eigenvalue weighted by Gasteiger charge is -2.31. The summed E-state index contributed by atoms with van der Waals surface area (Å²) in [5, 5.41) is 0. The van der Waals surface area contributed by atoms with Gasteiger partial charge in [-0.05, 0) is 31.0 Å². The Hall–Kier alpha value is -1.43. The summed E-state index contributed by atoms with van der Waals surface area (Å²) in [5.41, 5.74) is 5.28. The van der Waals surface area contributed by atoms with Gasteiger partial charge in [-0.15, -0.1) is 0 Å². The number of halogens is 2. The summed E-state index contributed by atoms with van der Waals surface area (Å²) >= 11 is 3.14. The molecule has 1 aromatic rings. The Morgan fingerprint density at radius 1 is 1.42 bits per heavy atom. The van der Waals surface area contributed by atoms with Crippen molar-refractivity contribution in [3.05, 3.63) is 34.1 Å². The van der Waals surface area contributed by atoms with E-state index in [9.17, 15) is 14.0 Å². The SMILES string of the molecule is NC(=O)C1CCCN(C(=O)c2ccc(Br)cc2F)C1. The summed E-state index contributed by atoms with van der Waals surface area (Å²) in [6, 6.07) is 4.31. The number of piperidine rings is 1. The number of hydrogen-bond acceptors (Lipinski definition) is 2. The van der Waals surface area contributed by atoms with Crippen LogP contribution in [0.4, 0.5) is 4.39 Å². The predicted octanol–water partition coefficient (Wildman–Crippen LogP) is 1.93. The molecular formula is C13H14BrFN2O2. The number of rotatable bonds is 2. The zero-order valence-corrected chi connectivity index (χ0v) is 11.8. The Labute approximate surface area is 118 Å². The first kappa shape index (κ1) is 14.0. The summed E-state index contributed by atoms with van der Waals surface area (Å²) in [7, 11) is 0. The van der Waals surface area contributed by atoms with Gasteiger partial charge in [0.25, 0.3) is 5.91 Å². The van der Waals surface area contributed by atoms with E-state index in [1.807, 2.05) is 0 Å². The molecule has 1 aliphatic heterocycles. The Kier molecular flexibility index (Phi) is 4.19. The first-order valence-corrected chi connectivity index (χ1v) is 6.82. The molecule has 0 saturated carbocycles. The van der Waals surface area contributed by atoms with E-state index in [4.69, 9.17) is 5.73 Å². The van der Waals surface area contributed by atoms with Crippen LogP contribution in [0, 0.1) is 11.7 Å².